The first kappa shape index (κ1) is 14.8. The van der Waals surface area contributed by atoms with Crippen molar-refractivity contribution in [1.82, 2.24) is 5.32 Å². The third kappa shape index (κ3) is 5.89. The van der Waals surface area contributed by atoms with Crippen molar-refractivity contribution >= 4 is 11.7 Å². The molecular formula is C13H25N3O2. The quantitative estimate of drug-likeness (QED) is 0.293. The molecule has 0 spiro atoms. The van der Waals surface area contributed by atoms with E-state index in [0.717, 1.165) is 12.3 Å². The minimum atomic E-state index is -0.0836. The number of amidine groups is 1. The van der Waals surface area contributed by atoms with Crippen LogP contribution in [0.4, 0.5) is 0 Å². The van der Waals surface area contributed by atoms with Crippen molar-refractivity contribution in [1.29, 1.82) is 0 Å². The first-order chi connectivity index (χ1) is 8.61. The Kier molecular flexibility index (Phi) is 6.54. The zero-order chi connectivity index (χ0) is 13.4. The highest BCUT2D eigenvalue weighted by Crippen LogP contribution is 2.27. The maximum Gasteiger partial charge on any atom is 0.220 e. The second-order valence-electron chi connectivity index (χ2n) is 5.31. The molecule has 18 heavy (non-hydrogen) atoms. The van der Waals surface area contributed by atoms with Crippen molar-refractivity contribution < 1.29 is 10.0 Å². The number of nitrogens with one attached hydrogen (secondary N) is 1. The second kappa shape index (κ2) is 7.95. The lowest BCUT2D eigenvalue weighted by Gasteiger charge is -2.21. The topological polar surface area (TPSA) is 87.7 Å². The molecular weight excluding hydrogens is 230 g/mol. The summed E-state index contributed by atoms with van der Waals surface area (Å²) < 4.78 is 0. The molecule has 1 amide bonds. The van der Waals surface area contributed by atoms with Gasteiger partial charge in [0.2, 0.25) is 5.91 Å². The number of amides is 1. The van der Waals surface area contributed by atoms with Crippen molar-refractivity contribution in [2.45, 2.75) is 64.3 Å². The molecule has 1 saturated carbocycles. The second-order valence-corrected chi connectivity index (χ2v) is 5.31. The summed E-state index contributed by atoms with van der Waals surface area (Å²) in [5.41, 5.74) is 5.39. The average Bonchev–Trinajstić information content (AvgIpc) is 2.37. The predicted octanol–water partition coefficient (Wildman–Crippen LogP) is 1.99. The van der Waals surface area contributed by atoms with Gasteiger partial charge in [-0.05, 0) is 19.3 Å². The fourth-order valence-electron chi connectivity index (χ4n) is 2.56. The normalized spacial score (nSPS) is 19.5. The van der Waals surface area contributed by atoms with Gasteiger partial charge in [0.1, 0.15) is 5.84 Å². The number of carbonyl (C=O) groups is 1. The number of hydrogen-bond acceptors (Lipinski definition) is 3. The van der Waals surface area contributed by atoms with E-state index in [-0.39, 0.29) is 17.8 Å². The highest BCUT2D eigenvalue weighted by molar-refractivity contribution is 5.81. The average molecular weight is 255 g/mol. The van der Waals surface area contributed by atoms with E-state index >= 15 is 0 Å². The molecule has 0 bridgehead atoms. The van der Waals surface area contributed by atoms with E-state index in [1.165, 1.54) is 32.1 Å². The fourth-order valence-corrected chi connectivity index (χ4v) is 2.56. The van der Waals surface area contributed by atoms with Crippen molar-refractivity contribution in [3.05, 3.63) is 0 Å². The van der Waals surface area contributed by atoms with Gasteiger partial charge >= 0.3 is 0 Å². The van der Waals surface area contributed by atoms with Crippen molar-refractivity contribution in [3.63, 3.8) is 0 Å². The molecule has 1 fully saturated rings. The molecule has 1 aliphatic rings. The molecule has 104 valence electrons. The van der Waals surface area contributed by atoms with Crippen LogP contribution in [0.25, 0.3) is 0 Å². The van der Waals surface area contributed by atoms with Crippen LogP contribution in [0.15, 0.2) is 5.16 Å². The van der Waals surface area contributed by atoms with Crippen LogP contribution in [-0.2, 0) is 4.79 Å². The maximum atomic E-state index is 11.7. The summed E-state index contributed by atoms with van der Waals surface area (Å²) >= 11 is 0. The predicted molar refractivity (Wildman–Crippen MR) is 71.4 cm³/mol. The van der Waals surface area contributed by atoms with Crippen molar-refractivity contribution in [2.75, 3.05) is 0 Å². The first-order valence-corrected chi connectivity index (χ1v) is 6.87. The zero-order valence-electron chi connectivity index (χ0n) is 11.2. The van der Waals surface area contributed by atoms with E-state index in [2.05, 4.69) is 10.5 Å². The number of nitrogens with two attached hydrogens (primary N) is 1. The minimum absolute atomic E-state index is 0.0683. The van der Waals surface area contributed by atoms with Crippen LogP contribution in [0.5, 0.6) is 0 Å². The van der Waals surface area contributed by atoms with E-state index in [4.69, 9.17) is 10.9 Å². The van der Waals surface area contributed by atoms with Crippen LogP contribution in [-0.4, -0.2) is 23.0 Å². The molecule has 1 unspecified atom stereocenters. The van der Waals surface area contributed by atoms with Gasteiger partial charge < -0.3 is 16.3 Å². The largest absolute Gasteiger partial charge is 0.409 e. The lowest BCUT2D eigenvalue weighted by atomic mass is 9.86. The summed E-state index contributed by atoms with van der Waals surface area (Å²) in [5.74, 6) is 0.942. The Morgan fingerprint density at radius 2 is 2.11 bits per heavy atom. The summed E-state index contributed by atoms with van der Waals surface area (Å²) in [4.78, 5) is 11.7. The van der Waals surface area contributed by atoms with Gasteiger partial charge in [-0.3, -0.25) is 4.79 Å². The Morgan fingerprint density at radius 1 is 1.44 bits per heavy atom. The summed E-state index contributed by atoms with van der Waals surface area (Å²) in [6.07, 6.45) is 8.47. The number of oxime groups is 1. The molecule has 1 rings (SSSR count). The molecule has 5 nitrogen and oxygen atoms in total. The van der Waals surface area contributed by atoms with E-state index in [9.17, 15) is 4.79 Å². The van der Waals surface area contributed by atoms with Crippen molar-refractivity contribution in [3.8, 4) is 0 Å². The van der Waals surface area contributed by atoms with Crippen LogP contribution in [0.2, 0.25) is 0 Å². The smallest absolute Gasteiger partial charge is 0.220 e. The minimum Gasteiger partial charge on any atom is -0.409 e. The molecule has 0 aromatic carbocycles. The van der Waals surface area contributed by atoms with Crippen LogP contribution in [0.1, 0.15) is 58.3 Å². The molecule has 0 aromatic rings. The van der Waals surface area contributed by atoms with E-state index in [1.54, 1.807) is 0 Å². The lowest BCUT2D eigenvalue weighted by molar-refractivity contribution is -0.122. The van der Waals surface area contributed by atoms with Gasteiger partial charge in [0, 0.05) is 18.9 Å². The van der Waals surface area contributed by atoms with Gasteiger partial charge in [-0.1, -0.05) is 37.3 Å². The molecule has 1 atom stereocenters. The molecule has 1 aliphatic carbocycles. The summed E-state index contributed by atoms with van der Waals surface area (Å²) in [7, 11) is 0. The highest BCUT2D eigenvalue weighted by Gasteiger charge is 2.15. The highest BCUT2D eigenvalue weighted by atomic mass is 16.4. The molecule has 0 aromatic heterocycles. The van der Waals surface area contributed by atoms with Crippen LogP contribution >= 0.6 is 0 Å². The Hall–Kier alpha value is -1.26. The standard InChI is InChI=1S/C13H25N3O2/c1-10(9-12(14)16-18)15-13(17)8-7-11-5-3-2-4-6-11/h10-11,18H,2-9H2,1H3,(H2,14,16)(H,15,17). The summed E-state index contributed by atoms with van der Waals surface area (Å²) in [6.45, 7) is 1.86. The van der Waals surface area contributed by atoms with Gasteiger partial charge in [0.05, 0.1) is 0 Å². The maximum absolute atomic E-state index is 11.7. The fraction of sp³-hybridized carbons (Fsp3) is 0.846. The SMILES string of the molecule is CC(CC(N)=NO)NC(=O)CCC1CCCCC1. The molecule has 5 heteroatoms. The molecule has 0 aliphatic heterocycles. The summed E-state index contributed by atoms with van der Waals surface area (Å²) in [6, 6.07) is -0.0836. The number of hydrogen-bond donors (Lipinski definition) is 3. The third-order valence-corrected chi connectivity index (χ3v) is 3.56. The molecule has 0 saturated heterocycles. The molecule has 0 radical (unpaired) electrons. The Morgan fingerprint density at radius 3 is 2.72 bits per heavy atom. The molecule has 4 N–H and O–H groups in total. The van der Waals surface area contributed by atoms with E-state index < -0.39 is 0 Å². The summed E-state index contributed by atoms with van der Waals surface area (Å²) in [5, 5.41) is 14.2. The number of rotatable bonds is 6. The Labute approximate surface area is 109 Å². The number of nitrogens with zero attached hydrogens (tertiary/aromatic N) is 1. The number of carbonyl (C=O) groups excluding carboxylic acids is 1. The third-order valence-electron chi connectivity index (χ3n) is 3.56. The van der Waals surface area contributed by atoms with Gasteiger partial charge in [0.25, 0.3) is 0 Å². The Balaban J connectivity index is 2.16. The van der Waals surface area contributed by atoms with Crippen LogP contribution in [0, 0.1) is 5.92 Å². The Bertz CT molecular complexity index is 286. The van der Waals surface area contributed by atoms with E-state index in [1.807, 2.05) is 6.92 Å². The lowest BCUT2D eigenvalue weighted by Crippen LogP contribution is -2.35. The zero-order valence-corrected chi connectivity index (χ0v) is 11.2. The van der Waals surface area contributed by atoms with Crippen molar-refractivity contribution in [2.24, 2.45) is 16.8 Å². The van der Waals surface area contributed by atoms with Crippen LogP contribution in [0.3, 0.4) is 0 Å². The van der Waals surface area contributed by atoms with E-state index in [0.29, 0.717) is 12.8 Å². The van der Waals surface area contributed by atoms with Crippen LogP contribution < -0.4 is 11.1 Å². The van der Waals surface area contributed by atoms with Gasteiger partial charge in [-0.25, -0.2) is 0 Å². The van der Waals surface area contributed by atoms with Gasteiger partial charge in [-0.15, -0.1) is 0 Å². The van der Waals surface area contributed by atoms with Gasteiger partial charge in [0.15, 0.2) is 0 Å². The van der Waals surface area contributed by atoms with Gasteiger partial charge in [-0.2, -0.15) is 0 Å². The first-order valence-electron chi connectivity index (χ1n) is 6.87. The monoisotopic (exact) mass is 255 g/mol. The molecule has 0 heterocycles.